The molecule has 2 fully saturated rings. The van der Waals surface area contributed by atoms with Crippen LogP contribution in [-0.4, -0.2) is 37.6 Å². The number of allylic oxidation sites excluding steroid dienone is 2. The Balaban J connectivity index is 1.89. The van der Waals surface area contributed by atoms with Gasteiger partial charge >= 0.3 is 0 Å². The molecular weight excluding hydrogens is 498 g/mol. The molecule has 1 aliphatic heterocycles. The van der Waals surface area contributed by atoms with Gasteiger partial charge in [-0.3, -0.25) is 4.79 Å². The van der Waals surface area contributed by atoms with Gasteiger partial charge in [0.25, 0.3) is 0 Å². The number of carbonyl (C=O) groups excluding carboxylic acids is 1. The molecule has 0 radical (unpaired) electrons. The third kappa shape index (κ3) is 5.51. The van der Waals surface area contributed by atoms with Gasteiger partial charge in [0.15, 0.2) is 8.32 Å². The van der Waals surface area contributed by atoms with Crippen molar-refractivity contribution in [2.45, 2.75) is 97.2 Å². The summed E-state index contributed by atoms with van der Waals surface area (Å²) in [6.07, 6.45) is 9.99. The van der Waals surface area contributed by atoms with Gasteiger partial charge in [0, 0.05) is 17.9 Å². The number of hydrogen-bond acceptors (Lipinski definition) is 3. The van der Waals surface area contributed by atoms with Crippen molar-refractivity contribution < 1.29 is 14.3 Å². The van der Waals surface area contributed by atoms with Gasteiger partial charge in [0.1, 0.15) is 0 Å². The SMILES string of the molecule is C=C1[C@@H](C)[C@H]2[C@H](Cc3ccccc3)NC(=O)[C@]23[C@H](O)/C=C/[C@@H](C)C[C@@H](C)C/C=C/[C@H]3[C@@H]1O[Si](C)(C)C(C)(C)C. The van der Waals surface area contributed by atoms with E-state index in [2.05, 4.69) is 96.9 Å². The molecule has 39 heavy (non-hydrogen) atoms. The normalized spacial score (nSPS) is 39.2. The average Bonchev–Trinajstić information content (AvgIpc) is 3.13. The van der Waals surface area contributed by atoms with Gasteiger partial charge in [-0.1, -0.05) is 103 Å². The molecule has 4 nitrogen and oxygen atoms in total. The maximum Gasteiger partial charge on any atom is 0.230 e. The Morgan fingerprint density at radius 3 is 2.41 bits per heavy atom. The van der Waals surface area contributed by atoms with Crippen LogP contribution in [0.2, 0.25) is 18.1 Å². The molecule has 0 aromatic heterocycles. The van der Waals surface area contributed by atoms with Crippen LogP contribution in [0.3, 0.4) is 0 Å². The summed E-state index contributed by atoms with van der Waals surface area (Å²) in [7, 11) is -2.22. The van der Waals surface area contributed by atoms with Crippen molar-refractivity contribution in [3.8, 4) is 0 Å². The Labute approximate surface area is 238 Å². The van der Waals surface area contributed by atoms with Gasteiger partial charge in [-0.25, -0.2) is 0 Å². The van der Waals surface area contributed by atoms with Crippen molar-refractivity contribution >= 4 is 14.2 Å². The van der Waals surface area contributed by atoms with Crippen molar-refractivity contribution in [2.24, 2.45) is 35.0 Å². The number of benzene rings is 1. The van der Waals surface area contributed by atoms with E-state index in [1.54, 1.807) is 0 Å². The second-order valence-electron chi connectivity index (χ2n) is 14.2. The number of nitrogens with one attached hydrogen (secondary N) is 1. The average molecular weight is 550 g/mol. The second-order valence-corrected chi connectivity index (χ2v) is 19.0. The van der Waals surface area contributed by atoms with Crippen LogP contribution in [0.15, 0.2) is 66.8 Å². The van der Waals surface area contributed by atoms with Crippen molar-refractivity contribution in [2.75, 3.05) is 0 Å². The lowest BCUT2D eigenvalue weighted by Gasteiger charge is -2.55. The van der Waals surface area contributed by atoms with Crippen LogP contribution in [0.4, 0.5) is 0 Å². The zero-order chi connectivity index (χ0) is 28.8. The highest BCUT2D eigenvalue weighted by Gasteiger charge is 2.68. The number of hydrogen-bond donors (Lipinski definition) is 2. The first-order valence-electron chi connectivity index (χ1n) is 14.9. The van der Waals surface area contributed by atoms with E-state index < -0.39 is 19.8 Å². The summed E-state index contributed by atoms with van der Waals surface area (Å²) in [5, 5.41) is 15.5. The molecule has 2 aliphatic carbocycles. The summed E-state index contributed by atoms with van der Waals surface area (Å²) in [4.78, 5) is 14.4. The van der Waals surface area contributed by atoms with Gasteiger partial charge in [0.05, 0.1) is 17.6 Å². The van der Waals surface area contributed by atoms with Gasteiger partial charge < -0.3 is 14.8 Å². The van der Waals surface area contributed by atoms with E-state index in [-0.39, 0.29) is 40.8 Å². The molecule has 1 saturated carbocycles. The molecule has 0 unspecified atom stereocenters. The molecule has 1 amide bonds. The van der Waals surface area contributed by atoms with Crippen LogP contribution in [0.5, 0.6) is 0 Å². The minimum atomic E-state index is -2.22. The smallest absolute Gasteiger partial charge is 0.230 e. The molecule has 4 rings (SSSR count). The highest BCUT2D eigenvalue weighted by Crippen LogP contribution is 2.59. The first-order valence-corrected chi connectivity index (χ1v) is 17.9. The van der Waals surface area contributed by atoms with Crippen LogP contribution in [0.25, 0.3) is 0 Å². The van der Waals surface area contributed by atoms with E-state index in [1.807, 2.05) is 24.3 Å². The highest BCUT2D eigenvalue weighted by molar-refractivity contribution is 6.74. The van der Waals surface area contributed by atoms with Gasteiger partial charge in [-0.15, -0.1) is 0 Å². The molecular formula is C34H51NO3Si. The van der Waals surface area contributed by atoms with E-state index in [9.17, 15) is 9.90 Å². The van der Waals surface area contributed by atoms with Crippen LogP contribution in [0.1, 0.15) is 59.9 Å². The van der Waals surface area contributed by atoms with Crippen LogP contribution in [0, 0.1) is 35.0 Å². The minimum absolute atomic E-state index is 0.00149. The number of aliphatic hydroxyl groups is 1. The molecule has 2 N–H and O–H groups in total. The predicted octanol–water partition coefficient (Wildman–Crippen LogP) is 7.08. The molecule has 1 spiro atoms. The summed E-state index contributed by atoms with van der Waals surface area (Å²) >= 11 is 0. The Morgan fingerprint density at radius 1 is 1.10 bits per heavy atom. The molecule has 0 bridgehead atoms. The van der Waals surface area contributed by atoms with E-state index in [0.29, 0.717) is 11.8 Å². The number of rotatable bonds is 4. The zero-order valence-corrected chi connectivity index (χ0v) is 26.4. The predicted molar refractivity (Wildman–Crippen MR) is 164 cm³/mol. The van der Waals surface area contributed by atoms with Gasteiger partial charge in [-0.05, 0) is 66.3 Å². The maximum absolute atomic E-state index is 14.4. The molecule has 214 valence electrons. The van der Waals surface area contributed by atoms with Crippen molar-refractivity contribution in [3.63, 3.8) is 0 Å². The van der Waals surface area contributed by atoms with Crippen molar-refractivity contribution in [1.82, 2.24) is 5.32 Å². The fraction of sp³-hybridized carbons (Fsp3) is 0.618. The lowest BCUT2D eigenvalue weighted by atomic mass is 9.51. The fourth-order valence-electron chi connectivity index (χ4n) is 7.17. The molecule has 1 heterocycles. The molecule has 1 aromatic carbocycles. The van der Waals surface area contributed by atoms with Crippen LogP contribution < -0.4 is 5.32 Å². The highest BCUT2D eigenvalue weighted by atomic mass is 28.4. The molecule has 9 atom stereocenters. The number of aliphatic hydroxyl groups excluding tert-OH is 1. The topological polar surface area (TPSA) is 58.6 Å². The van der Waals surface area contributed by atoms with Crippen LogP contribution in [-0.2, 0) is 15.6 Å². The Morgan fingerprint density at radius 2 is 1.77 bits per heavy atom. The van der Waals surface area contributed by atoms with E-state index in [4.69, 9.17) is 4.43 Å². The quantitative estimate of drug-likeness (QED) is 0.312. The van der Waals surface area contributed by atoms with E-state index >= 15 is 0 Å². The lowest BCUT2D eigenvalue weighted by Crippen LogP contribution is -2.61. The summed E-state index contributed by atoms with van der Waals surface area (Å²) in [5.41, 5.74) is 1.21. The summed E-state index contributed by atoms with van der Waals surface area (Å²) < 4.78 is 7.17. The monoisotopic (exact) mass is 549 g/mol. The Hall–Kier alpha value is -1.95. The second kappa shape index (κ2) is 11.1. The standard InChI is InChI=1S/C34H51NO3Si/c1-22-14-13-17-27-31(38-39(8,9)33(5,6)7)25(4)24(3)30-28(21-26-15-11-10-12-16-26)35-32(37)34(27,30)29(36)19-18-23(2)20-22/h10-13,15-19,22-24,27-31,36H,4,14,20-21H2,1-3,5-9H3,(H,35,37)/b17-13+,19-18+/t22-,23+,24+,27-,28-,29+,30-,31+,34+/m0/s1. The Kier molecular flexibility index (Phi) is 8.57. The maximum atomic E-state index is 14.4. The summed E-state index contributed by atoms with van der Waals surface area (Å²) in [5.74, 6) is 0.372. The minimum Gasteiger partial charge on any atom is -0.410 e. The summed E-state index contributed by atoms with van der Waals surface area (Å²) in [6, 6.07) is 10.3. The Bertz CT molecular complexity index is 1100. The van der Waals surface area contributed by atoms with E-state index in [0.717, 1.165) is 24.8 Å². The van der Waals surface area contributed by atoms with Crippen molar-refractivity contribution in [1.29, 1.82) is 0 Å². The molecule has 5 heteroatoms. The fourth-order valence-corrected chi connectivity index (χ4v) is 8.46. The third-order valence-electron chi connectivity index (χ3n) is 10.4. The first kappa shape index (κ1) is 30.0. The lowest BCUT2D eigenvalue weighted by molar-refractivity contribution is -0.146. The van der Waals surface area contributed by atoms with Crippen molar-refractivity contribution in [3.05, 3.63) is 72.4 Å². The van der Waals surface area contributed by atoms with Gasteiger partial charge in [-0.2, -0.15) is 0 Å². The zero-order valence-electron chi connectivity index (χ0n) is 25.4. The number of amides is 1. The molecule has 3 aliphatic rings. The van der Waals surface area contributed by atoms with E-state index in [1.165, 1.54) is 5.56 Å². The molecule has 1 aromatic rings. The largest absolute Gasteiger partial charge is 0.410 e. The first-order chi connectivity index (χ1) is 18.2. The molecule has 1 saturated heterocycles. The van der Waals surface area contributed by atoms with Gasteiger partial charge in [0.2, 0.25) is 5.91 Å². The summed E-state index contributed by atoms with van der Waals surface area (Å²) in [6.45, 7) is 22.6. The third-order valence-corrected chi connectivity index (χ3v) is 14.8. The van der Waals surface area contributed by atoms with Crippen LogP contribution >= 0.6 is 0 Å². The number of carbonyl (C=O) groups is 1.